The molecule has 0 aliphatic carbocycles. The number of aliphatic hydroxyl groups excluding tert-OH is 1. The molecule has 2 aliphatic heterocycles. The van der Waals surface area contributed by atoms with E-state index < -0.39 is 12.0 Å². The van der Waals surface area contributed by atoms with E-state index in [1.807, 2.05) is 6.92 Å². The third-order valence-corrected chi connectivity index (χ3v) is 4.25. The molecule has 2 amide bonds. The van der Waals surface area contributed by atoms with Gasteiger partial charge in [0.25, 0.3) is 0 Å². The van der Waals surface area contributed by atoms with Crippen molar-refractivity contribution in [2.45, 2.75) is 32.2 Å². The van der Waals surface area contributed by atoms with Crippen molar-refractivity contribution in [2.75, 3.05) is 26.2 Å². The van der Waals surface area contributed by atoms with Crippen LogP contribution in [0, 0.1) is 11.8 Å². The molecule has 0 aromatic carbocycles. The second kappa shape index (κ2) is 5.77. The molecular weight excluding hydrogens is 248 g/mol. The first-order valence-electron chi connectivity index (χ1n) is 6.93. The molecule has 6 heteroatoms. The Morgan fingerprint density at radius 1 is 1.26 bits per heavy atom. The Hall–Kier alpha value is -1.30. The molecule has 0 spiro atoms. The van der Waals surface area contributed by atoms with Gasteiger partial charge >= 0.3 is 12.0 Å². The highest BCUT2D eigenvalue weighted by molar-refractivity contribution is 5.83. The minimum atomic E-state index is -0.918. The lowest BCUT2D eigenvalue weighted by atomic mass is 9.91. The van der Waals surface area contributed by atoms with Crippen molar-refractivity contribution in [2.24, 2.45) is 11.8 Å². The van der Waals surface area contributed by atoms with Crippen LogP contribution in [0.5, 0.6) is 0 Å². The number of nitrogens with zero attached hydrogens (tertiary/aromatic N) is 2. The molecule has 2 heterocycles. The first kappa shape index (κ1) is 14.1. The molecule has 0 saturated carbocycles. The van der Waals surface area contributed by atoms with Gasteiger partial charge in [0, 0.05) is 32.2 Å². The van der Waals surface area contributed by atoms with Gasteiger partial charge in [0.15, 0.2) is 0 Å². The molecule has 2 rings (SSSR count). The topological polar surface area (TPSA) is 81.1 Å². The number of piperidine rings is 1. The highest BCUT2D eigenvalue weighted by atomic mass is 16.4. The Morgan fingerprint density at radius 2 is 2.00 bits per heavy atom. The number of hydrogen-bond acceptors (Lipinski definition) is 3. The van der Waals surface area contributed by atoms with E-state index in [1.165, 1.54) is 4.90 Å². The second-order valence-corrected chi connectivity index (χ2v) is 5.66. The summed E-state index contributed by atoms with van der Waals surface area (Å²) in [7, 11) is 0. The van der Waals surface area contributed by atoms with Gasteiger partial charge < -0.3 is 20.0 Å². The number of rotatable bonds is 2. The van der Waals surface area contributed by atoms with E-state index in [9.17, 15) is 14.7 Å². The molecule has 0 bridgehead atoms. The maximum absolute atomic E-state index is 12.4. The van der Waals surface area contributed by atoms with Crippen molar-refractivity contribution < 1.29 is 19.8 Å². The van der Waals surface area contributed by atoms with E-state index in [2.05, 4.69) is 0 Å². The second-order valence-electron chi connectivity index (χ2n) is 5.66. The van der Waals surface area contributed by atoms with Crippen LogP contribution in [0.1, 0.15) is 26.2 Å². The highest BCUT2D eigenvalue weighted by Crippen LogP contribution is 2.26. The molecule has 0 radical (unpaired) electrons. The van der Waals surface area contributed by atoms with E-state index in [-0.39, 0.29) is 24.5 Å². The Labute approximate surface area is 113 Å². The van der Waals surface area contributed by atoms with E-state index in [4.69, 9.17) is 5.11 Å². The van der Waals surface area contributed by atoms with Crippen LogP contribution in [-0.4, -0.2) is 64.3 Å². The smallest absolute Gasteiger partial charge is 0.326 e. The monoisotopic (exact) mass is 270 g/mol. The average molecular weight is 270 g/mol. The predicted octanol–water partition coefficient (Wildman–Crippen LogP) is 0.606. The van der Waals surface area contributed by atoms with Gasteiger partial charge in [-0.3, -0.25) is 0 Å². The molecule has 3 atom stereocenters. The number of urea groups is 1. The molecule has 19 heavy (non-hydrogen) atoms. The third kappa shape index (κ3) is 2.83. The van der Waals surface area contributed by atoms with E-state index in [1.54, 1.807) is 4.90 Å². The fraction of sp³-hybridized carbons (Fsp3) is 0.846. The first-order chi connectivity index (χ1) is 9.04. The summed E-state index contributed by atoms with van der Waals surface area (Å²) in [5.41, 5.74) is 0. The maximum Gasteiger partial charge on any atom is 0.326 e. The van der Waals surface area contributed by atoms with Crippen molar-refractivity contribution in [1.29, 1.82) is 0 Å². The van der Waals surface area contributed by atoms with Gasteiger partial charge in [-0.15, -0.1) is 0 Å². The number of carbonyl (C=O) groups is 2. The minimum Gasteiger partial charge on any atom is -0.480 e. The predicted molar refractivity (Wildman–Crippen MR) is 68.7 cm³/mol. The number of likely N-dealkylation sites (tertiary alicyclic amines) is 2. The number of hydrogen-bond donors (Lipinski definition) is 2. The summed E-state index contributed by atoms with van der Waals surface area (Å²) in [5.74, 6) is -0.792. The van der Waals surface area contributed by atoms with Crippen molar-refractivity contribution in [1.82, 2.24) is 9.80 Å². The number of carboxylic acid groups (broad SMARTS) is 1. The summed E-state index contributed by atoms with van der Waals surface area (Å²) in [6.07, 6.45) is 2.50. The zero-order chi connectivity index (χ0) is 14.0. The molecule has 108 valence electrons. The van der Waals surface area contributed by atoms with Gasteiger partial charge in [-0.1, -0.05) is 6.92 Å². The Kier molecular flexibility index (Phi) is 4.29. The van der Waals surface area contributed by atoms with Crippen LogP contribution in [0.15, 0.2) is 0 Å². The molecule has 2 N–H and O–H groups in total. The van der Waals surface area contributed by atoms with Crippen LogP contribution in [0.2, 0.25) is 0 Å². The van der Waals surface area contributed by atoms with Gasteiger partial charge in [0.1, 0.15) is 6.04 Å². The number of carbonyl (C=O) groups excluding carboxylic acids is 1. The SMILES string of the molecule is CC1CCCN(C(=O)N2CCC(CO)C2)C1C(=O)O. The lowest BCUT2D eigenvalue weighted by molar-refractivity contribution is -0.145. The van der Waals surface area contributed by atoms with Crippen LogP contribution >= 0.6 is 0 Å². The van der Waals surface area contributed by atoms with E-state index >= 15 is 0 Å². The van der Waals surface area contributed by atoms with Crippen LogP contribution < -0.4 is 0 Å². The summed E-state index contributed by atoms with van der Waals surface area (Å²) in [6.45, 7) is 3.63. The van der Waals surface area contributed by atoms with Crippen molar-refractivity contribution in [3.05, 3.63) is 0 Å². The lowest BCUT2D eigenvalue weighted by Crippen LogP contribution is -2.55. The standard InChI is InChI=1S/C13H22N2O4/c1-9-3-2-5-15(11(9)12(17)18)13(19)14-6-4-10(7-14)8-16/h9-11,16H,2-8H2,1H3,(H,17,18). The molecule has 2 saturated heterocycles. The third-order valence-electron chi connectivity index (χ3n) is 4.25. The maximum atomic E-state index is 12.4. The number of aliphatic hydroxyl groups is 1. The largest absolute Gasteiger partial charge is 0.480 e. The quantitative estimate of drug-likeness (QED) is 0.770. The molecule has 2 aliphatic rings. The van der Waals surface area contributed by atoms with Gasteiger partial charge in [0.2, 0.25) is 0 Å². The van der Waals surface area contributed by atoms with Crippen molar-refractivity contribution in [3.8, 4) is 0 Å². The van der Waals surface area contributed by atoms with Gasteiger partial charge in [-0.25, -0.2) is 9.59 Å². The summed E-state index contributed by atoms with van der Waals surface area (Å²) in [6, 6.07) is -0.899. The zero-order valence-corrected chi connectivity index (χ0v) is 11.3. The van der Waals surface area contributed by atoms with Gasteiger partial charge in [-0.05, 0) is 25.2 Å². The summed E-state index contributed by atoms with van der Waals surface area (Å²) < 4.78 is 0. The summed E-state index contributed by atoms with van der Waals surface area (Å²) in [4.78, 5) is 27.0. The summed E-state index contributed by atoms with van der Waals surface area (Å²) >= 11 is 0. The molecule has 3 unspecified atom stereocenters. The Bertz CT molecular complexity index is 361. The van der Waals surface area contributed by atoms with Gasteiger partial charge in [-0.2, -0.15) is 0 Å². The molecule has 2 fully saturated rings. The number of carboxylic acids is 1. The summed E-state index contributed by atoms with van der Waals surface area (Å²) in [5, 5.41) is 18.4. The average Bonchev–Trinajstić information content (AvgIpc) is 2.85. The van der Waals surface area contributed by atoms with Crippen LogP contribution in [-0.2, 0) is 4.79 Å². The van der Waals surface area contributed by atoms with Gasteiger partial charge in [0.05, 0.1) is 0 Å². The van der Waals surface area contributed by atoms with Crippen LogP contribution in [0.4, 0.5) is 4.79 Å². The number of amides is 2. The number of aliphatic carboxylic acids is 1. The Balaban J connectivity index is 2.06. The molecular formula is C13H22N2O4. The van der Waals surface area contributed by atoms with Crippen LogP contribution in [0.25, 0.3) is 0 Å². The highest BCUT2D eigenvalue weighted by Gasteiger charge is 2.40. The Morgan fingerprint density at radius 3 is 2.58 bits per heavy atom. The van der Waals surface area contributed by atoms with E-state index in [0.717, 1.165) is 19.3 Å². The van der Waals surface area contributed by atoms with Crippen molar-refractivity contribution >= 4 is 12.0 Å². The van der Waals surface area contributed by atoms with Crippen LogP contribution in [0.3, 0.4) is 0 Å². The zero-order valence-electron chi connectivity index (χ0n) is 11.3. The fourth-order valence-corrected chi connectivity index (χ4v) is 3.12. The minimum absolute atomic E-state index is 0.00792. The molecule has 0 aromatic rings. The van der Waals surface area contributed by atoms with Crippen molar-refractivity contribution in [3.63, 3.8) is 0 Å². The fourth-order valence-electron chi connectivity index (χ4n) is 3.12. The van der Waals surface area contributed by atoms with E-state index in [0.29, 0.717) is 19.6 Å². The first-order valence-corrected chi connectivity index (χ1v) is 6.93. The molecule has 0 aromatic heterocycles. The normalized spacial score (nSPS) is 31.6. The lowest BCUT2D eigenvalue weighted by Gasteiger charge is -2.39. The molecule has 6 nitrogen and oxygen atoms in total.